The summed E-state index contributed by atoms with van der Waals surface area (Å²) in [6, 6.07) is 17.5. The van der Waals surface area contributed by atoms with Crippen molar-refractivity contribution in [2.24, 2.45) is 4.99 Å². The van der Waals surface area contributed by atoms with Crippen molar-refractivity contribution < 1.29 is 18.3 Å². The van der Waals surface area contributed by atoms with E-state index in [1.807, 2.05) is 6.92 Å². The molecule has 3 nitrogen and oxygen atoms in total. The zero-order valence-electron chi connectivity index (χ0n) is 16.5. The minimum atomic E-state index is -4.87. The molecule has 0 saturated heterocycles. The molecule has 0 bridgehead atoms. The van der Waals surface area contributed by atoms with Gasteiger partial charge in [0.25, 0.3) is 0 Å². The second-order valence-electron chi connectivity index (χ2n) is 7.90. The van der Waals surface area contributed by atoms with Gasteiger partial charge in [0, 0.05) is 17.3 Å². The Bertz CT molecular complexity index is 1030. The van der Waals surface area contributed by atoms with Gasteiger partial charge in [-0.25, -0.2) is 0 Å². The van der Waals surface area contributed by atoms with Gasteiger partial charge in [0.2, 0.25) is 0 Å². The summed E-state index contributed by atoms with van der Waals surface area (Å²) >= 11 is 0. The summed E-state index contributed by atoms with van der Waals surface area (Å²) in [5.41, 5.74) is -1.52. The molecular weight excluding hydrogens is 377 g/mol. The highest BCUT2D eigenvalue weighted by atomic mass is 19.4. The van der Waals surface area contributed by atoms with Crippen molar-refractivity contribution in [2.45, 2.75) is 44.4 Å². The third-order valence-electron chi connectivity index (χ3n) is 5.02. The molecule has 0 amide bonds. The Kier molecular flexibility index (Phi) is 5.50. The van der Waals surface area contributed by atoms with Crippen molar-refractivity contribution in [3.63, 3.8) is 0 Å². The van der Waals surface area contributed by atoms with E-state index in [-0.39, 0.29) is 0 Å². The largest absolute Gasteiger partial charge is 0.422 e. The highest BCUT2D eigenvalue weighted by Gasteiger charge is 2.55. The number of fused-ring (bicyclic) bond motifs is 1. The molecule has 6 heteroatoms. The number of halogens is 3. The molecule has 0 radical (unpaired) electrons. The van der Waals surface area contributed by atoms with Crippen molar-refractivity contribution in [1.29, 1.82) is 0 Å². The van der Waals surface area contributed by atoms with Crippen LogP contribution in [-0.4, -0.2) is 28.1 Å². The Morgan fingerprint density at radius 3 is 2.31 bits per heavy atom. The van der Waals surface area contributed by atoms with E-state index < -0.39 is 23.6 Å². The van der Waals surface area contributed by atoms with Gasteiger partial charge < -0.3 is 5.11 Å². The highest BCUT2D eigenvalue weighted by Crippen LogP contribution is 2.40. The van der Waals surface area contributed by atoms with Crippen LogP contribution >= 0.6 is 0 Å². The monoisotopic (exact) mass is 400 g/mol. The number of hydrogen-bond acceptors (Lipinski definition) is 3. The van der Waals surface area contributed by atoms with Gasteiger partial charge in [-0.1, -0.05) is 50.2 Å². The lowest BCUT2D eigenvalue weighted by Crippen LogP contribution is -2.50. The number of aliphatic hydroxyl groups is 1. The molecule has 1 heterocycles. The van der Waals surface area contributed by atoms with Crippen LogP contribution in [0.2, 0.25) is 0 Å². The van der Waals surface area contributed by atoms with E-state index in [0.29, 0.717) is 28.4 Å². The summed E-state index contributed by atoms with van der Waals surface area (Å²) in [4.78, 5) is 8.42. The molecule has 1 atom stereocenters. The average Bonchev–Trinajstić information content (AvgIpc) is 2.65. The van der Waals surface area contributed by atoms with Gasteiger partial charge in [0.05, 0.1) is 11.2 Å². The van der Waals surface area contributed by atoms with Crippen LogP contribution in [0.4, 0.5) is 18.9 Å². The number of nitrogens with zero attached hydrogens (tertiary/aromatic N) is 2. The summed E-state index contributed by atoms with van der Waals surface area (Å²) in [5.74, 6) is 0. The molecule has 3 rings (SSSR count). The minimum absolute atomic E-state index is 0.329. The van der Waals surface area contributed by atoms with Gasteiger partial charge in [-0.05, 0) is 48.6 Å². The lowest BCUT2D eigenvalue weighted by molar-refractivity contribution is -0.234. The predicted molar refractivity (Wildman–Crippen MR) is 110 cm³/mol. The first-order chi connectivity index (χ1) is 13.5. The van der Waals surface area contributed by atoms with Crippen LogP contribution in [0.15, 0.2) is 65.7 Å². The number of pyridine rings is 1. The first-order valence-electron chi connectivity index (χ1n) is 9.28. The fraction of sp³-hybridized carbons (Fsp3) is 0.304. The molecule has 2 aromatic carbocycles. The van der Waals surface area contributed by atoms with Crippen LogP contribution in [0.5, 0.6) is 0 Å². The third kappa shape index (κ3) is 4.48. The highest BCUT2D eigenvalue weighted by molar-refractivity contribution is 5.92. The van der Waals surface area contributed by atoms with E-state index in [2.05, 4.69) is 9.98 Å². The molecule has 0 aliphatic heterocycles. The van der Waals surface area contributed by atoms with Crippen molar-refractivity contribution in [3.8, 4) is 0 Å². The molecule has 0 saturated carbocycles. The van der Waals surface area contributed by atoms with Crippen LogP contribution in [-0.2, 0) is 5.41 Å². The Morgan fingerprint density at radius 2 is 1.66 bits per heavy atom. The second kappa shape index (κ2) is 7.59. The molecule has 152 valence electrons. The van der Waals surface area contributed by atoms with Crippen molar-refractivity contribution in [3.05, 3.63) is 71.9 Å². The molecule has 0 aliphatic rings. The maximum atomic E-state index is 13.9. The van der Waals surface area contributed by atoms with Crippen LogP contribution in [0, 0.1) is 6.92 Å². The van der Waals surface area contributed by atoms with E-state index >= 15 is 0 Å². The van der Waals surface area contributed by atoms with Crippen molar-refractivity contribution in [1.82, 2.24) is 4.98 Å². The molecule has 0 fully saturated rings. The SMILES string of the molecule is Cc1ccc2c(/N=C/C(O)(CC(C)(C)c3ccccc3)C(F)(F)F)cccc2n1. The number of rotatable bonds is 5. The fourth-order valence-electron chi connectivity index (χ4n) is 3.41. The van der Waals surface area contributed by atoms with Gasteiger partial charge in [-0.3, -0.25) is 9.98 Å². The summed E-state index contributed by atoms with van der Waals surface area (Å²) in [7, 11) is 0. The molecule has 29 heavy (non-hydrogen) atoms. The standard InChI is InChI=1S/C23H23F3N2O/c1-16-12-13-18-19(10-7-11-20(18)28-16)27-15-22(29,23(24,25)26)14-21(2,3)17-8-5-4-6-9-17/h4-13,15,29H,14H2,1-3H3/b27-15+. The lowest BCUT2D eigenvalue weighted by atomic mass is 9.75. The number of aromatic nitrogens is 1. The predicted octanol–water partition coefficient (Wildman–Crippen LogP) is 5.91. The van der Waals surface area contributed by atoms with Crippen LogP contribution in [0.3, 0.4) is 0 Å². The van der Waals surface area contributed by atoms with E-state index in [0.717, 1.165) is 5.69 Å². The summed E-state index contributed by atoms with van der Waals surface area (Å²) < 4.78 is 41.6. The Labute approximate surface area is 167 Å². The summed E-state index contributed by atoms with van der Waals surface area (Å²) in [6.07, 6.45) is -4.81. The van der Waals surface area contributed by atoms with Crippen molar-refractivity contribution in [2.75, 3.05) is 0 Å². The summed E-state index contributed by atoms with van der Waals surface area (Å²) in [6.45, 7) is 5.19. The van der Waals surface area contributed by atoms with E-state index in [1.165, 1.54) is 0 Å². The number of alkyl halides is 3. The number of hydrogen-bond donors (Lipinski definition) is 1. The molecule has 1 unspecified atom stereocenters. The molecule has 3 aromatic rings. The third-order valence-corrected chi connectivity index (χ3v) is 5.02. The number of aliphatic imine (C=N–C) groups is 1. The minimum Gasteiger partial charge on any atom is -0.376 e. The molecule has 1 N–H and O–H groups in total. The van der Waals surface area contributed by atoms with Crippen LogP contribution in [0.25, 0.3) is 10.9 Å². The zero-order valence-corrected chi connectivity index (χ0v) is 16.5. The number of aryl methyl sites for hydroxylation is 1. The van der Waals surface area contributed by atoms with Gasteiger partial charge >= 0.3 is 6.18 Å². The van der Waals surface area contributed by atoms with E-state index in [4.69, 9.17) is 0 Å². The van der Waals surface area contributed by atoms with Gasteiger partial charge in [-0.2, -0.15) is 13.2 Å². The normalized spacial score (nSPS) is 15.0. The Hall–Kier alpha value is -2.73. The van der Waals surface area contributed by atoms with Gasteiger partial charge in [0.15, 0.2) is 5.60 Å². The molecular formula is C23H23F3N2O. The number of benzene rings is 2. The van der Waals surface area contributed by atoms with Crippen LogP contribution < -0.4 is 0 Å². The molecule has 1 aromatic heterocycles. The maximum Gasteiger partial charge on any atom is 0.422 e. The molecule has 0 spiro atoms. The Morgan fingerprint density at radius 1 is 0.966 bits per heavy atom. The topological polar surface area (TPSA) is 45.5 Å². The maximum absolute atomic E-state index is 13.9. The van der Waals surface area contributed by atoms with E-state index in [9.17, 15) is 18.3 Å². The van der Waals surface area contributed by atoms with Gasteiger partial charge in [-0.15, -0.1) is 0 Å². The average molecular weight is 400 g/mol. The van der Waals surface area contributed by atoms with Gasteiger partial charge in [0.1, 0.15) is 0 Å². The first kappa shape index (κ1) is 21.0. The summed E-state index contributed by atoms with van der Waals surface area (Å²) in [5, 5.41) is 11.3. The molecule has 0 aliphatic carbocycles. The first-order valence-corrected chi connectivity index (χ1v) is 9.28. The van der Waals surface area contributed by atoms with Crippen molar-refractivity contribution >= 4 is 22.8 Å². The Balaban J connectivity index is 2.00. The van der Waals surface area contributed by atoms with Crippen LogP contribution in [0.1, 0.15) is 31.5 Å². The fourth-order valence-corrected chi connectivity index (χ4v) is 3.41. The smallest absolute Gasteiger partial charge is 0.376 e. The zero-order chi connectivity index (χ0) is 21.3. The van der Waals surface area contributed by atoms with E-state index in [1.54, 1.807) is 74.5 Å². The quantitative estimate of drug-likeness (QED) is 0.542. The second-order valence-corrected chi connectivity index (χ2v) is 7.90. The lowest BCUT2D eigenvalue weighted by Gasteiger charge is -2.35.